The van der Waals surface area contributed by atoms with Gasteiger partial charge in [0.1, 0.15) is 5.82 Å². The van der Waals surface area contributed by atoms with Crippen LogP contribution in [-0.2, 0) is 5.41 Å². The third kappa shape index (κ3) is 5.05. The van der Waals surface area contributed by atoms with Crippen molar-refractivity contribution in [2.75, 3.05) is 9.80 Å². The molecule has 0 amide bonds. The number of para-hydroxylation sites is 2. The quantitative estimate of drug-likeness (QED) is 0.156. The van der Waals surface area contributed by atoms with Crippen molar-refractivity contribution in [3.05, 3.63) is 259 Å². The summed E-state index contributed by atoms with van der Waals surface area (Å²) < 4.78 is 0. The summed E-state index contributed by atoms with van der Waals surface area (Å²) in [5.41, 5.74) is 15.6. The molecule has 0 bridgehead atoms. The summed E-state index contributed by atoms with van der Waals surface area (Å²) in [7, 11) is 0. The Morgan fingerprint density at radius 1 is 0.302 bits per heavy atom. The molecule has 13 rings (SSSR count). The summed E-state index contributed by atoms with van der Waals surface area (Å²) >= 11 is 0. The van der Waals surface area contributed by atoms with Crippen LogP contribution in [0.1, 0.15) is 22.3 Å². The third-order valence-corrected chi connectivity index (χ3v) is 13.5. The summed E-state index contributed by atoms with van der Waals surface area (Å²) in [6.45, 7) is 0. The van der Waals surface area contributed by atoms with Crippen LogP contribution in [0.4, 0.5) is 34.3 Å². The Labute approximate surface area is 366 Å². The molecule has 11 aromatic rings. The molecule has 2 aliphatic carbocycles. The molecule has 63 heavy (non-hydrogen) atoms. The van der Waals surface area contributed by atoms with E-state index in [-0.39, 0.29) is 0 Å². The van der Waals surface area contributed by atoms with E-state index in [1.807, 2.05) is 12.3 Å². The Morgan fingerprint density at radius 2 is 0.746 bits per heavy atom. The highest BCUT2D eigenvalue weighted by Crippen LogP contribution is 2.65. The zero-order valence-electron chi connectivity index (χ0n) is 34.4. The summed E-state index contributed by atoms with van der Waals surface area (Å²) in [5, 5.41) is 7.09. The molecule has 0 aliphatic heterocycles. The van der Waals surface area contributed by atoms with Gasteiger partial charge in [-0.2, -0.15) is 0 Å². The van der Waals surface area contributed by atoms with Crippen molar-refractivity contribution < 1.29 is 0 Å². The van der Waals surface area contributed by atoms with Gasteiger partial charge in [0.2, 0.25) is 0 Å². The lowest BCUT2D eigenvalue weighted by Crippen LogP contribution is -2.26. The van der Waals surface area contributed by atoms with Crippen LogP contribution in [0.25, 0.3) is 54.6 Å². The minimum Gasteiger partial charge on any atom is -0.309 e. The van der Waals surface area contributed by atoms with Crippen LogP contribution in [-0.4, -0.2) is 4.98 Å². The van der Waals surface area contributed by atoms with E-state index in [4.69, 9.17) is 4.98 Å². The largest absolute Gasteiger partial charge is 0.309 e. The maximum atomic E-state index is 4.90. The fourth-order valence-corrected chi connectivity index (χ4v) is 11.0. The first-order valence-corrected chi connectivity index (χ1v) is 21.7. The van der Waals surface area contributed by atoms with Crippen molar-refractivity contribution in [3.63, 3.8) is 0 Å². The number of fused-ring (bicyclic) bond motifs is 15. The molecule has 1 spiro atoms. The lowest BCUT2D eigenvalue weighted by molar-refractivity contribution is 0.794. The number of pyridine rings is 1. The van der Waals surface area contributed by atoms with Crippen LogP contribution in [0, 0.1) is 0 Å². The first kappa shape index (κ1) is 35.5. The second kappa shape index (κ2) is 13.9. The van der Waals surface area contributed by atoms with Crippen molar-refractivity contribution in [1.82, 2.24) is 4.98 Å². The van der Waals surface area contributed by atoms with Gasteiger partial charge < -0.3 is 4.90 Å². The van der Waals surface area contributed by atoms with E-state index >= 15 is 0 Å². The molecule has 1 aromatic heterocycles. The van der Waals surface area contributed by atoms with Crippen LogP contribution in [0.2, 0.25) is 0 Å². The number of hydrogen-bond acceptors (Lipinski definition) is 3. The Balaban J connectivity index is 1.12. The first-order valence-electron chi connectivity index (χ1n) is 21.7. The summed E-state index contributed by atoms with van der Waals surface area (Å²) in [6, 6.07) is 84.5. The van der Waals surface area contributed by atoms with Crippen molar-refractivity contribution in [3.8, 4) is 22.3 Å². The Bertz CT molecular complexity index is 3500. The second-order valence-corrected chi connectivity index (χ2v) is 16.6. The lowest BCUT2D eigenvalue weighted by Gasteiger charge is -2.32. The van der Waals surface area contributed by atoms with Gasteiger partial charge in [0.05, 0.1) is 22.5 Å². The number of aromatic nitrogens is 1. The van der Waals surface area contributed by atoms with E-state index in [1.165, 1.54) is 71.4 Å². The lowest BCUT2D eigenvalue weighted by atomic mass is 9.70. The monoisotopic (exact) mass is 801 g/mol. The van der Waals surface area contributed by atoms with E-state index in [9.17, 15) is 0 Å². The number of anilines is 6. The van der Waals surface area contributed by atoms with Gasteiger partial charge in [-0.3, -0.25) is 4.90 Å². The number of nitrogens with zero attached hydrogens (tertiary/aromatic N) is 3. The SMILES string of the molecule is c1ccc(N(c2ccccn2)c2cc3c4ccccc4c(N(c4ccccc4)c4cccc5c4-c4ccccc4C54c5ccccc5-c5ccccc54)cc3c3ccccc23)cc1. The number of benzene rings is 10. The van der Waals surface area contributed by atoms with Crippen LogP contribution in [0.5, 0.6) is 0 Å². The molecule has 0 radical (unpaired) electrons. The number of hydrogen-bond donors (Lipinski definition) is 0. The first-order chi connectivity index (χ1) is 31.3. The Morgan fingerprint density at radius 3 is 1.32 bits per heavy atom. The van der Waals surface area contributed by atoms with Crippen LogP contribution < -0.4 is 9.80 Å². The van der Waals surface area contributed by atoms with E-state index < -0.39 is 5.41 Å². The van der Waals surface area contributed by atoms with Crippen LogP contribution in [0.15, 0.2) is 237 Å². The van der Waals surface area contributed by atoms with Crippen molar-refractivity contribution in [2.24, 2.45) is 0 Å². The van der Waals surface area contributed by atoms with Crippen LogP contribution >= 0.6 is 0 Å². The van der Waals surface area contributed by atoms with Crippen molar-refractivity contribution >= 4 is 66.6 Å². The van der Waals surface area contributed by atoms with Gasteiger partial charge in [-0.15, -0.1) is 0 Å². The van der Waals surface area contributed by atoms with E-state index in [0.29, 0.717) is 0 Å². The molecular weight excluding hydrogens is 763 g/mol. The minimum atomic E-state index is -0.451. The second-order valence-electron chi connectivity index (χ2n) is 16.6. The molecule has 3 nitrogen and oxygen atoms in total. The molecule has 0 saturated heterocycles. The molecule has 294 valence electrons. The average molecular weight is 802 g/mol. The molecule has 0 atom stereocenters. The zero-order valence-corrected chi connectivity index (χ0v) is 34.4. The van der Waals surface area contributed by atoms with Gasteiger partial charge in [-0.05, 0) is 115 Å². The molecule has 0 N–H and O–H groups in total. The van der Waals surface area contributed by atoms with Gasteiger partial charge >= 0.3 is 0 Å². The minimum absolute atomic E-state index is 0.451. The summed E-state index contributed by atoms with van der Waals surface area (Å²) in [4.78, 5) is 9.72. The third-order valence-electron chi connectivity index (χ3n) is 13.5. The highest BCUT2D eigenvalue weighted by atomic mass is 15.2. The predicted octanol–water partition coefficient (Wildman–Crippen LogP) is 15.8. The molecular formula is C60H39N3. The van der Waals surface area contributed by atoms with Gasteiger partial charge in [0.25, 0.3) is 0 Å². The van der Waals surface area contributed by atoms with E-state index in [0.717, 1.165) is 39.6 Å². The molecule has 1 heterocycles. The molecule has 0 unspecified atom stereocenters. The van der Waals surface area contributed by atoms with Crippen molar-refractivity contribution in [2.45, 2.75) is 5.41 Å². The Kier molecular flexibility index (Phi) is 7.82. The fourth-order valence-electron chi connectivity index (χ4n) is 11.0. The summed E-state index contributed by atoms with van der Waals surface area (Å²) in [6.07, 6.45) is 1.87. The van der Waals surface area contributed by atoms with Crippen molar-refractivity contribution in [1.29, 1.82) is 0 Å². The molecule has 0 saturated carbocycles. The average Bonchev–Trinajstić information content (AvgIpc) is 3.83. The predicted molar refractivity (Wildman–Crippen MR) is 262 cm³/mol. The van der Waals surface area contributed by atoms with Gasteiger partial charge in [-0.25, -0.2) is 4.98 Å². The summed E-state index contributed by atoms with van der Waals surface area (Å²) in [5.74, 6) is 0.868. The molecule has 2 aliphatic rings. The normalized spacial score (nSPS) is 12.9. The molecule has 3 heteroatoms. The maximum Gasteiger partial charge on any atom is 0.137 e. The highest BCUT2D eigenvalue weighted by molar-refractivity contribution is 6.25. The van der Waals surface area contributed by atoms with Crippen LogP contribution in [0.3, 0.4) is 0 Å². The fraction of sp³-hybridized carbons (Fsp3) is 0.0167. The topological polar surface area (TPSA) is 19.4 Å². The van der Waals surface area contributed by atoms with E-state index in [2.05, 4.69) is 234 Å². The smallest absolute Gasteiger partial charge is 0.137 e. The van der Waals surface area contributed by atoms with Gasteiger partial charge in [0, 0.05) is 33.9 Å². The standard InChI is InChI=1S/C60H39N3/c1-3-20-40(21-4-1)62(55-35-19-34-54-59(55)48-30-13-16-33-53(48)60(54)51-31-14-11-26-44(51)45-27-12-15-32-52(45)60)56-38-49-43-25-8-10-29-47(43)57(39-50(49)42-24-7-9-28-46(42)56)63(41-22-5-2-6-23-41)58-36-17-18-37-61-58/h1-39H. The highest BCUT2D eigenvalue weighted by Gasteiger charge is 2.52. The number of rotatable bonds is 6. The molecule has 10 aromatic carbocycles. The molecule has 0 fully saturated rings. The van der Waals surface area contributed by atoms with Gasteiger partial charge in [0.15, 0.2) is 0 Å². The maximum absolute atomic E-state index is 4.90. The Hall–Kier alpha value is -8.27. The van der Waals surface area contributed by atoms with E-state index in [1.54, 1.807) is 0 Å². The van der Waals surface area contributed by atoms with Gasteiger partial charge in [-0.1, -0.05) is 176 Å². The zero-order chi connectivity index (χ0) is 41.5.